The molecule has 0 saturated heterocycles. The number of thiol groups is 2. The van der Waals surface area contributed by atoms with Crippen LogP contribution >= 0.6 is 25.6 Å². The largest absolute Gasteiger partial charge is 0.341 e. The average molecular weight is 200 g/mol. The van der Waals surface area contributed by atoms with Gasteiger partial charge in [-0.2, -0.15) is 0 Å². The van der Waals surface area contributed by atoms with Gasteiger partial charge >= 0.3 is 6.03 Å². The summed E-state index contributed by atoms with van der Waals surface area (Å²) < 4.78 is 3.34. The lowest BCUT2D eigenvalue weighted by molar-refractivity contribution is 0.255. The minimum atomic E-state index is -0.382. The highest BCUT2D eigenvalue weighted by atomic mass is 32.1. The van der Waals surface area contributed by atoms with E-state index in [-0.39, 0.29) is 6.03 Å². The van der Waals surface area contributed by atoms with E-state index in [4.69, 9.17) is 0 Å². The van der Waals surface area contributed by atoms with Gasteiger partial charge in [-0.15, -0.1) is 0 Å². The van der Waals surface area contributed by atoms with Crippen molar-refractivity contribution < 1.29 is 4.79 Å². The van der Waals surface area contributed by atoms with Crippen LogP contribution in [0.1, 0.15) is 0 Å². The van der Waals surface area contributed by atoms with Gasteiger partial charge in [0, 0.05) is 0 Å². The van der Waals surface area contributed by atoms with E-state index in [9.17, 15) is 4.79 Å². The summed E-state index contributed by atoms with van der Waals surface area (Å²) >= 11 is 7.58. The number of carbonyl (C=O) groups is 1. The van der Waals surface area contributed by atoms with Crippen molar-refractivity contribution in [2.75, 3.05) is 4.31 Å². The summed E-state index contributed by atoms with van der Waals surface area (Å²) in [5.41, 5.74) is 0.701. The van der Waals surface area contributed by atoms with E-state index in [2.05, 4.69) is 30.4 Å². The quantitative estimate of drug-likeness (QED) is 0.594. The second-order valence-corrected chi connectivity index (χ2v) is 2.69. The summed E-state index contributed by atoms with van der Waals surface area (Å²) in [6.45, 7) is 0. The van der Waals surface area contributed by atoms with Gasteiger partial charge in [0.25, 0.3) is 0 Å². The average Bonchev–Trinajstić information content (AvgIpc) is 2.17. The van der Waals surface area contributed by atoms with Crippen molar-refractivity contribution in [2.24, 2.45) is 0 Å². The zero-order valence-electron chi connectivity index (χ0n) is 6.14. The number of hydrogen-bond donors (Lipinski definition) is 3. The SMILES string of the molecule is O=C(NS)N(S)c1ccccc1. The van der Waals surface area contributed by atoms with Gasteiger partial charge in [-0.1, -0.05) is 43.8 Å². The third-order valence-electron chi connectivity index (χ3n) is 1.29. The predicted molar refractivity (Wildman–Crippen MR) is 55.4 cm³/mol. The standard InChI is InChI=1S/C7H8N2OS2/c10-7(8-11)9(12)6-4-2-1-3-5-6/h1-5,11-12H,(H,8,10). The molecule has 64 valence electrons. The third kappa shape index (κ3) is 2.09. The molecule has 0 aliphatic carbocycles. The first kappa shape index (κ1) is 9.28. The second kappa shape index (κ2) is 4.27. The topological polar surface area (TPSA) is 32.3 Å². The fourth-order valence-electron chi connectivity index (χ4n) is 0.734. The molecule has 0 aliphatic heterocycles. The molecule has 0 radical (unpaired) electrons. The summed E-state index contributed by atoms with van der Waals surface area (Å²) in [5, 5.41) is 0. The van der Waals surface area contributed by atoms with Gasteiger partial charge in [0.15, 0.2) is 0 Å². The molecule has 12 heavy (non-hydrogen) atoms. The summed E-state index contributed by atoms with van der Waals surface area (Å²) in [4.78, 5) is 11.0. The number of rotatable bonds is 1. The van der Waals surface area contributed by atoms with E-state index < -0.39 is 0 Å². The predicted octanol–water partition coefficient (Wildman–Crippen LogP) is 1.89. The molecular weight excluding hydrogens is 192 g/mol. The monoisotopic (exact) mass is 200 g/mol. The smallest absolute Gasteiger partial charge is 0.283 e. The Bertz CT molecular complexity index is 265. The summed E-state index contributed by atoms with van der Waals surface area (Å²) in [6.07, 6.45) is 0. The van der Waals surface area contributed by atoms with Crippen LogP contribution in [0.15, 0.2) is 30.3 Å². The first-order valence-electron chi connectivity index (χ1n) is 3.24. The molecule has 0 unspecified atom stereocenters. The zero-order valence-corrected chi connectivity index (χ0v) is 7.93. The number of hydrogen-bond acceptors (Lipinski definition) is 3. The number of nitrogens with zero attached hydrogens (tertiary/aromatic N) is 1. The Hall–Kier alpha value is -0.810. The van der Waals surface area contributed by atoms with Gasteiger partial charge < -0.3 is 0 Å². The molecule has 0 fully saturated rings. The van der Waals surface area contributed by atoms with Crippen LogP contribution in [0.4, 0.5) is 10.5 Å². The van der Waals surface area contributed by atoms with Gasteiger partial charge in [-0.3, -0.25) is 4.72 Å². The van der Waals surface area contributed by atoms with Crippen molar-refractivity contribution in [2.45, 2.75) is 0 Å². The van der Waals surface area contributed by atoms with Crippen molar-refractivity contribution >= 4 is 37.3 Å². The molecule has 0 heterocycles. The lowest BCUT2D eigenvalue weighted by Gasteiger charge is -2.13. The first-order chi connectivity index (χ1) is 5.75. The highest BCUT2D eigenvalue weighted by Crippen LogP contribution is 2.14. The van der Waals surface area contributed by atoms with Crippen LogP contribution in [0.3, 0.4) is 0 Å². The maximum atomic E-state index is 11.0. The molecular formula is C7H8N2OS2. The Morgan fingerprint density at radius 3 is 2.42 bits per heavy atom. The summed E-state index contributed by atoms with van der Waals surface area (Å²) in [7, 11) is 0. The number of anilines is 1. The van der Waals surface area contributed by atoms with E-state index in [0.29, 0.717) is 5.69 Å². The molecule has 0 aliphatic rings. The number of nitrogens with one attached hydrogen (secondary N) is 1. The lowest BCUT2D eigenvalue weighted by Crippen LogP contribution is -2.27. The summed E-state index contributed by atoms with van der Waals surface area (Å²) in [5.74, 6) is 0. The molecule has 5 heteroatoms. The van der Waals surface area contributed by atoms with E-state index in [1.165, 1.54) is 4.31 Å². The van der Waals surface area contributed by atoms with Gasteiger partial charge in [-0.25, -0.2) is 9.10 Å². The summed E-state index contributed by atoms with van der Waals surface area (Å²) in [6, 6.07) is 8.68. The van der Waals surface area contributed by atoms with E-state index >= 15 is 0 Å². The molecule has 1 aromatic carbocycles. The molecule has 3 nitrogen and oxygen atoms in total. The fourth-order valence-corrected chi connectivity index (χ4v) is 1.10. The highest BCUT2D eigenvalue weighted by molar-refractivity contribution is 7.83. The normalized spacial score (nSPS) is 9.17. The number of amides is 2. The molecule has 1 aromatic rings. The fraction of sp³-hybridized carbons (Fsp3) is 0. The zero-order chi connectivity index (χ0) is 8.97. The van der Waals surface area contributed by atoms with Gasteiger partial charge in [0.2, 0.25) is 0 Å². The van der Waals surface area contributed by atoms with Crippen LogP contribution in [0.25, 0.3) is 0 Å². The molecule has 0 saturated carbocycles. The van der Waals surface area contributed by atoms with Crippen LogP contribution in [-0.4, -0.2) is 6.03 Å². The van der Waals surface area contributed by atoms with Crippen molar-refractivity contribution in [1.82, 2.24) is 4.72 Å². The molecule has 0 bridgehead atoms. The minimum Gasteiger partial charge on any atom is -0.283 e. The van der Waals surface area contributed by atoms with Crippen molar-refractivity contribution in [3.8, 4) is 0 Å². The maximum absolute atomic E-state index is 11.0. The Labute approximate surface area is 81.8 Å². The van der Waals surface area contributed by atoms with Crippen molar-refractivity contribution in [1.29, 1.82) is 0 Å². The van der Waals surface area contributed by atoms with Crippen LogP contribution < -0.4 is 9.03 Å². The van der Waals surface area contributed by atoms with Gasteiger partial charge in [0.05, 0.1) is 5.69 Å². The van der Waals surface area contributed by atoms with Crippen LogP contribution in [0.5, 0.6) is 0 Å². The van der Waals surface area contributed by atoms with Crippen LogP contribution in [0.2, 0.25) is 0 Å². The van der Waals surface area contributed by atoms with E-state index in [1.54, 1.807) is 12.1 Å². The molecule has 0 atom stereocenters. The first-order valence-corrected chi connectivity index (χ1v) is 4.08. The Morgan fingerprint density at radius 2 is 1.92 bits per heavy atom. The van der Waals surface area contributed by atoms with Crippen molar-refractivity contribution in [3.05, 3.63) is 30.3 Å². The molecule has 1 N–H and O–H groups in total. The van der Waals surface area contributed by atoms with Crippen molar-refractivity contribution in [3.63, 3.8) is 0 Å². The van der Waals surface area contributed by atoms with E-state index in [0.717, 1.165) is 0 Å². The van der Waals surface area contributed by atoms with Gasteiger partial charge in [-0.05, 0) is 12.1 Å². The lowest BCUT2D eigenvalue weighted by atomic mass is 10.3. The van der Waals surface area contributed by atoms with Crippen LogP contribution in [-0.2, 0) is 0 Å². The number of para-hydroxylation sites is 1. The Morgan fingerprint density at radius 1 is 1.33 bits per heavy atom. The third-order valence-corrected chi connectivity index (χ3v) is 1.89. The highest BCUT2D eigenvalue weighted by Gasteiger charge is 2.08. The number of carbonyl (C=O) groups excluding carboxylic acids is 1. The number of urea groups is 1. The van der Waals surface area contributed by atoms with Gasteiger partial charge in [0.1, 0.15) is 0 Å². The molecule has 1 rings (SSSR count). The maximum Gasteiger partial charge on any atom is 0.341 e. The second-order valence-electron chi connectivity index (χ2n) is 2.06. The minimum absolute atomic E-state index is 0.382. The molecule has 2 amide bonds. The Balaban J connectivity index is 2.78. The molecule has 0 aromatic heterocycles. The molecule has 0 spiro atoms. The van der Waals surface area contributed by atoms with E-state index in [1.807, 2.05) is 18.2 Å². The number of benzene rings is 1. The Kier molecular flexibility index (Phi) is 3.31. The van der Waals surface area contributed by atoms with Crippen LogP contribution in [0, 0.1) is 0 Å².